The first-order valence-corrected chi connectivity index (χ1v) is 10.4. The number of benzene rings is 2. The lowest BCUT2D eigenvalue weighted by molar-refractivity contribution is -0.128. The van der Waals surface area contributed by atoms with Crippen molar-refractivity contribution in [2.24, 2.45) is 16.7 Å². The van der Waals surface area contributed by atoms with Gasteiger partial charge in [-0.15, -0.1) is 0 Å². The molecule has 2 aromatic carbocycles. The zero-order valence-electron chi connectivity index (χ0n) is 17.6. The summed E-state index contributed by atoms with van der Waals surface area (Å²) < 4.78 is 11.1. The van der Waals surface area contributed by atoms with Crippen molar-refractivity contribution >= 4 is 11.9 Å². The molecular formula is C26H26O4. The van der Waals surface area contributed by atoms with Crippen molar-refractivity contribution in [3.63, 3.8) is 0 Å². The average Bonchev–Trinajstić information content (AvgIpc) is 3.07. The first kappa shape index (κ1) is 20.2. The summed E-state index contributed by atoms with van der Waals surface area (Å²) in [5.74, 6) is 5.19. The lowest BCUT2D eigenvalue weighted by atomic mass is 9.70. The van der Waals surface area contributed by atoms with Crippen LogP contribution in [-0.4, -0.2) is 18.0 Å². The van der Waals surface area contributed by atoms with Crippen LogP contribution in [0.2, 0.25) is 0 Å². The van der Waals surface area contributed by atoms with Crippen molar-refractivity contribution < 1.29 is 19.1 Å². The molecular weight excluding hydrogens is 376 g/mol. The summed E-state index contributed by atoms with van der Waals surface area (Å²) in [5, 5.41) is 0. The minimum atomic E-state index is -0.647. The van der Waals surface area contributed by atoms with Crippen molar-refractivity contribution in [2.45, 2.75) is 46.1 Å². The van der Waals surface area contributed by atoms with E-state index in [0.717, 1.165) is 18.4 Å². The van der Waals surface area contributed by atoms with Gasteiger partial charge in [-0.05, 0) is 67.0 Å². The molecule has 4 rings (SSSR count). The van der Waals surface area contributed by atoms with E-state index in [2.05, 4.69) is 32.6 Å². The fourth-order valence-corrected chi connectivity index (χ4v) is 4.94. The molecule has 2 bridgehead atoms. The van der Waals surface area contributed by atoms with E-state index in [0.29, 0.717) is 17.2 Å². The molecule has 0 radical (unpaired) electrons. The molecule has 2 fully saturated rings. The number of hydrogen-bond acceptors (Lipinski definition) is 4. The molecule has 0 aliphatic heterocycles. The monoisotopic (exact) mass is 402 g/mol. The second-order valence-electron chi connectivity index (χ2n) is 9.03. The first-order valence-electron chi connectivity index (χ1n) is 10.4. The molecule has 154 valence electrons. The number of carbonyl (C=O) groups is 2. The predicted molar refractivity (Wildman–Crippen MR) is 114 cm³/mol. The van der Waals surface area contributed by atoms with Crippen LogP contribution in [0.5, 0.6) is 5.75 Å². The third-order valence-corrected chi connectivity index (χ3v) is 7.35. The first-order chi connectivity index (χ1) is 14.3. The van der Waals surface area contributed by atoms with Crippen LogP contribution in [0, 0.1) is 28.6 Å². The zero-order chi connectivity index (χ0) is 21.4. The maximum atomic E-state index is 12.7. The van der Waals surface area contributed by atoms with Crippen LogP contribution in [0.1, 0.15) is 56.0 Å². The normalized spacial score (nSPS) is 25.8. The van der Waals surface area contributed by atoms with Crippen LogP contribution in [-0.2, 0) is 9.53 Å². The summed E-state index contributed by atoms with van der Waals surface area (Å²) in [6.45, 7) is 6.83. The van der Waals surface area contributed by atoms with Gasteiger partial charge < -0.3 is 9.47 Å². The third-order valence-electron chi connectivity index (χ3n) is 7.35. The molecule has 0 heterocycles. The topological polar surface area (TPSA) is 52.6 Å². The van der Waals surface area contributed by atoms with Crippen molar-refractivity contribution in [3.8, 4) is 17.6 Å². The van der Waals surface area contributed by atoms with Gasteiger partial charge >= 0.3 is 11.9 Å². The number of esters is 2. The van der Waals surface area contributed by atoms with Crippen LogP contribution in [0.4, 0.5) is 0 Å². The highest BCUT2D eigenvalue weighted by Gasteiger charge is 2.62. The Hall–Kier alpha value is -3.06. The van der Waals surface area contributed by atoms with Crippen molar-refractivity contribution in [2.75, 3.05) is 0 Å². The molecule has 2 aliphatic rings. The van der Waals surface area contributed by atoms with Gasteiger partial charge in [0.15, 0.2) is 0 Å². The summed E-state index contributed by atoms with van der Waals surface area (Å²) in [6.07, 6.45) is 3.20. The Morgan fingerprint density at radius 2 is 1.70 bits per heavy atom. The van der Waals surface area contributed by atoms with E-state index in [9.17, 15) is 9.59 Å². The molecule has 0 N–H and O–H groups in total. The Bertz CT molecular complexity index is 1010. The highest BCUT2D eigenvalue weighted by Crippen LogP contribution is 2.66. The quantitative estimate of drug-likeness (QED) is 0.411. The van der Waals surface area contributed by atoms with E-state index in [1.54, 1.807) is 24.3 Å². The molecule has 0 unspecified atom stereocenters. The van der Waals surface area contributed by atoms with E-state index in [1.165, 1.54) is 6.42 Å². The summed E-state index contributed by atoms with van der Waals surface area (Å²) in [4.78, 5) is 24.6. The maximum Gasteiger partial charge on any atom is 0.390 e. The summed E-state index contributed by atoms with van der Waals surface area (Å²) >= 11 is 0. The highest BCUT2D eigenvalue weighted by molar-refractivity contribution is 5.92. The molecule has 4 nitrogen and oxygen atoms in total. The molecule has 0 saturated heterocycles. The fraction of sp³-hybridized carbons (Fsp3) is 0.385. The van der Waals surface area contributed by atoms with Gasteiger partial charge in [-0.3, -0.25) is 0 Å². The van der Waals surface area contributed by atoms with Crippen molar-refractivity contribution in [1.82, 2.24) is 0 Å². The maximum absolute atomic E-state index is 12.7. The summed E-state index contributed by atoms with van der Waals surface area (Å²) in [5.41, 5.74) is 1.41. The Balaban J connectivity index is 1.36. The number of carbonyl (C=O) groups excluding carboxylic acids is 2. The van der Waals surface area contributed by atoms with Gasteiger partial charge in [0.05, 0.1) is 5.56 Å². The molecule has 2 saturated carbocycles. The van der Waals surface area contributed by atoms with E-state index >= 15 is 0 Å². The van der Waals surface area contributed by atoms with Gasteiger partial charge in [0.1, 0.15) is 11.9 Å². The minimum Gasteiger partial charge on any atom is -0.458 e. The number of rotatable bonds is 3. The molecule has 0 spiro atoms. The Kier molecular flexibility index (Phi) is 5.15. The van der Waals surface area contributed by atoms with Gasteiger partial charge in [-0.25, -0.2) is 9.59 Å². The fourth-order valence-electron chi connectivity index (χ4n) is 4.94. The van der Waals surface area contributed by atoms with E-state index in [-0.39, 0.29) is 22.9 Å². The molecule has 4 heteroatoms. The smallest absolute Gasteiger partial charge is 0.390 e. The number of ether oxygens (including phenoxy) is 2. The molecule has 30 heavy (non-hydrogen) atoms. The molecule has 0 amide bonds. The van der Waals surface area contributed by atoms with Crippen LogP contribution < -0.4 is 4.74 Å². The lowest BCUT2D eigenvalue weighted by Gasteiger charge is -2.38. The second-order valence-corrected chi connectivity index (χ2v) is 9.03. The summed E-state index contributed by atoms with van der Waals surface area (Å²) in [7, 11) is 0. The molecule has 2 aromatic rings. The highest BCUT2D eigenvalue weighted by atomic mass is 16.5. The van der Waals surface area contributed by atoms with E-state index < -0.39 is 5.97 Å². The predicted octanol–water partition coefficient (Wildman–Crippen LogP) is 5.02. The van der Waals surface area contributed by atoms with Gasteiger partial charge in [-0.2, -0.15) is 0 Å². The zero-order valence-corrected chi connectivity index (χ0v) is 17.6. The number of fused-ring (bicyclic) bond motifs is 2. The summed E-state index contributed by atoms with van der Waals surface area (Å²) in [6, 6.07) is 15.6. The minimum absolute atomic E-state index is 0.0280. The average molecular weight is 402 g/mol. The van der Waals surface area contributed by atoms with Gasteiger partial charge in [0.2, 0.25) is 0 Å². The van der Waals surface area contributed by atoms with Crippen LogP contribution in [0.15, 0.2) is 54.6 Å². The Morgan fingerprint density at radius 1 is 1.00 bits per heavy atom. The SMILES string of the molecule is CC1(C)[C@H]2CC[C@]1(C)[C@H](OC(=O)c1ccc(OC(=O)C#Cc3ccccc3)cc1)C2. The van der Waals surface area contributed by atoms with Crippen LogP contribution in [0.25, 0.3) is 0 Å². The molecule has 3 atom stereocenters. The van der Waals surface area contributed by atoms with Crippen LogP contribution >= 0.6 is 0 Å². The van der Waals surface area contributed by atoms with Crippen molar-refractivity contribution in [1.29, 1.82) is 0 Å². The molecule has 2 aliphatic carbocycles. The van der Waals surface area contributed by atoms with E-state index in [4.69, 9.17) is 9.47 Å². The van der Waals surface area contributed by atoms with Crippen LogP contribution in [0.3, 0.4) is 0 Å². The lowest BCUT2D eigenvalue weighted by Crippen LogP contribution is -2.38. The Morgan fingerprint density at radius 3 is 2.30 bits per heavy atom. The van der Waals surface area contributed by atoms with Gasteiger partial charge in [-0.1, -0.05) is 44.9 Å². The number of hydrogen-bond donors (Lipinski definition) is 0. The molecule has 0 aromatic heterocycles. The van der Waals surface area contributed by atoms with E-state index in [1.807, 2.05) is 30.3 Å². The second kappa shape index (κ2) is 7.65. The van der Waals surface area contributed by atoms with Gasteiger partial charge in [0.25, 0.3) is 0 Å². The van der Waals surface area contributed by atoms with Crippen molar-refractivity contribution in [3.05, 3.63) is 65.7 Å². The van der Waals surface area contributed by atoms with Gasteiger partial charge in [0, 0.05) is 16.9 Å². The standard InChI is InChI=1S/C26H26O4/c1-25(2)20-15-16-26(25,3)22(17-20)30-24(28)19-10-12-21(13-11-19)29-23(27)14-9-18-7-5-4-6-8-18/h4-8,10-13,20,22H,15-17H2,1-3H3/t20-,22+,26+/m0/s1. The largest absolute Gasteiger partial charge is 0.458 e. The Labute approximate surface area is 177 Å². The third kappa shape index (κ3) is 3.61.